The van der Waals surface area contributed by atoms with E-state index < -0.39 is 0 Å². The van der Waals surface area contributed by atoms with Crippen LogP contribution in [0.25, 0.3) is 20.8 Å². The second kappa shape index (κ2) is 3.78. The number of fused-ring (bicyclic) bond motifs is 1. The van der Waals surface area contributed by atoms with Gasteiger partial charge in [0.1, 0.15) is 16.6 Å². The first-order valence-corrected chi connectivity index (χ1v) is 5.82. The summed E-state index contributed by atoms with van der Waals surface area (Å²) in [5.74, 6) is 0.226. The highest BCUT2D eigenvalue weighted by atomic mass is 32.1. The van der Waals surface area contributed by atoms with Crippen LogP contribution in [0.1, 0.15) is 0 Å². The van der Waals surface area contributed by atoms with Gasteiger partial charge in [0.2, 0.25) is 0 Å². The number of hydrogen-bond donors (Lipinski definition) is 1. The highest BCUT2D eigenvalue weighted by Gasteiger charge is 2.07. The zero-order valence-corrected chi connectivity index (χ0v) is 9.54. The number of anilines is 1. The fourth-order valence-electron chi connectivity index (χ4n) is 1.55. The number of nitrogens with two attached hydrogens (primary N) is 1. The smallest absolute Gasteiger partial charge is 0.126 e. The second-order valence-electron chi connectivity index (χ2n) is 3.60. The Morgan fingerprint density at radius 3 is 2.82 bits per heavy atom. The third kappa shape index (κ3) is 1.85. The van der Waals surface area contributed by atoms with Crippen molar-refractivity contribution < 1.29 is 4.39 Å². The molecule has 0 aliphatic rings. The van der Waals surface area contributed by atoms with E-state index in [0.29, 0.717) is 5.82 Å². The highest BCUT2D eigenvalue weighted by Crippen LogP contribution is 2.30. The Bertz CT molecular complexity index is 676. The van der Waals surface area contributed by atoms with Gasteiger partial charge in [-0.3, -0.25) is 0 Å². The average Bonchev–Trinajstić information content (AvgIpc) is 2.72. The van der Waals surface area contributed by atoms with Gasteiger partial charge in [-0.1, -0.05) is 0 Å². The lowest BCUT2D eigenvalue weighted by molar-refractivity contribution is 0.630. The molecule has 0 atom stereocenters. The zero-order valence-electron chi connectivity index (χ0n) is 8.72. The van der Waals surface area contributed by atoms with E-state index in [4.69, 9.17) is 5.73 Å². The van der Waals surface area contributed by atoms with Crippen molar-refractivity contribution in [1.29, 1.82) is 0 Å². The van der Waals surface area contributed by atoms with Crippen molar-refractivity contribution in [2.45, 2.75) is 0 Å². The maximum atomic E-state index is 13.1. The molecule has 3 rings (SSSR count). The van der Waals surface area contributed by atoms with E-state index in [9.17, 15) is 4.39 Å². The first-order valence-electron chi connectivity index (χ1n) is 5.00. The third-order valence-corrected chi connectivity index (χ3v) is 3.45. The molecule has 2 aromatic heterocycles. The Morgan fingerprint density at radius 1 is 1.18 bits per heavy atom. The van der Waals surface area contributed by atoms with Gasteiger partial charge in [-0.2, -0.15) is 0 Å². The molecule has 0 amide bonds. The normalized spacial score (nSPS) is 10.9. The molecule has 0 aliphatic heterocycles. The molecule has 0 unspecified atom stereocenters. The summed E-state index contributed by atoms with van der Waals surface area (Å²) in [5.41, 5.74) is 7.21. The second-order valence-corrected chi connectivity index (χ2v) is 4.63. The van der Waals surface area contributed by atoms with Crippen LogP contribution in [0.4, 0.5) is 10.2 Å². The van der Waals surface area contributed by atoms with Crippen LogP contribution in [0.5, 0.6) is 0 Å². The Labute approximate surface area is 101 Å². The molecular weight excluding hydrogens is 237 g/mol. The summed E-state index contributed by atoms with van der Waals surface area (Å²) in [7, 11) is 0. The lowest BCUT2D eigenvalue weighted by Gasteiger charge is -1.94. The summed E-state index contributed by atoms with van der Waals surface area (Å²) < 4.78 is 13.9. The number of pyridine rings is 1. The monoisotopic (exact) mass is 245 g/mol. The van der Waals surface area contributed by atoms with E-state index in [2.05, 4.69) is 9.97 Å². The number of benzene rings is 1. The number of thiazole rings is 1. The van der Waals surface area contributed by atoms with Gasteiger partial charge < -0.3 is 5.73 Å². The van der Waals surface area contributed by atoms with Crippen molar-refractivity contribution >= 4 is 27.4 Å². The van der Waals surface area contributed by atoms with Gasteiger partial charge in [-0.25, -0.2) is 14.4 Å². The van der Waals surface area contributed by atoms with E-state index in [1.165, 1.54) is 23.5 Å². The summed E-state index contributed by atoms with van der Waals surface area (Å²) in [6, 6.07) is 8.15. The maximum Gasteiger partial charge on any atom is 0.126 e. The van der Waals surface area contributed by atoms with Gasteiger partial charge in [-0.05, 0) is 30.3 Å². The quantitative estimate of drug-likeness (QED) is 0.716. The van der Waals surface area contributed by atoms with Crippen LogP contribution in [0.3, 0.4) is 0 Å². The molecule has 3 aromatic rings. The summed E-state index contributed by atoms with van der Waals surface area (Å²) in [5, 5.41) is 0.818. The van der Waals surface area contributed by atoms with Crippen LogP contribution in [0.2, 0.25) is 0 Å². The summed E-state index contributed by atoms with van der Waals surface area (Å²) in [4.78, 5) is 8.44. The largest absolute Gasteiger partial charge is 0.384 e. The molecule has 0 fully saturated rings. The summed E-state index contributed by atoms with van der Waals surface area (Å²) >= 11 is 1.44. The molecule has 2 N–H and O–H groups in total. The molecule has 0 radical (unpaired) electrons. The van der Waals surface area contributed by atoms with Crippen molar-refractivity contribution in [3.05, 3.63) is 42.3 Å². The van der Waals surface area contributed by atoms with Crippen LogP contribution in [0, 0.1) is 5.82 Å². The van der Waals surface area contributed by atoms with E-state index in [1.807, 2.05) is 6.07 Å². The third-order valence-electron chi connectivity index (χ3n) is 2.38. The zero-order chi connectivity index (χ0) is 11.8. The van der Waals surface area contributed by atoms with E-state index in [1.54, 1.807) is 18.3 Å². The average molecular weight is 245 g/mol. The first-order chi connectivity index (χ1) is 8.22. The molecule has 17 heavy (non-hydrogen) atoms. The van der Waals surface area contributed by atoms with Gasteiger partial charge in [0.05, 0.1) is 10.2 Å². The Kier molecular flexibility index (Phi) is 2.26. The van der Waals surface area contributed by atoms with Crippen LogP contribution in [-0.4, -0.2) is 9.97 Å². The first kappa shape index (κ1) is 10.2. The van der Waals surface area contributed by atoms with Crippen molar-refractivity contribution in [2.75, 3.05) is 5.73 Å². The van der Waals surface area contributed by atoms with E-state index >= 15 is 0 Å². The molecule has 5 heteroatoms. The number of nitrogens with zero attached hydrogens (tertiary/aromatic N) is 2. The molecule has 0 spiro atoms. The number of nitrogen functional groups attached to an aromatic ring is 1. The van der Waals surface area contributed by atoms with Gasteiger partial charge in [-0.15, -0.1) is 11.3 Å². The van der Waals surface area contributed by atoms with Crippen molar-refractivity contribution in [3.8, 4) is 10.6 Å². The maximum absolute atomic E-state index is 13.1. The molecular formula is C12H8FN3S. The summed E-state index contributed by atoms with van der Waals surface area (Å²) in [6.07, 6.45) is 1.67. The topological polar surface area (TPSA) is 51.8 Å². The fraction of sp³-hybridized carbons (Fsp3) is 0. The lowest BCUT2D eigenvalue weighted by atomic mass is 10.3. The SMILES string of the molecule is Nc1ccc(-c2nc3ccc(F)cc3s2)cn1. The standard InChI is InChI=1S/C12H8FN3S/c13-8-2-3-9-10(5-8)17-12(16-9)7-1-4-11(14)15-6-7/h1-6H,(H2,14,15). The Hall–Kier alpha value is -2.01. The predicted molar refractivity (Wildman–Crippen MR) is 67.2 cm³/mol. The van der Waals surface area contributed by atoms with Gasteiger partial charge in [0, 0.05) is 11.8 Å². The van der Waals surface area contributed by atoms with Gasteiger partial charge in [0.25, 0.3) is 0 Å². The molecule has 3 nitrogen and oxygen atoms in total. The van der Waals surface area contributed by atoms with Gasteiger partial charge in [0.15, 0.2) is 0 Å². The lowest BCUT2D eigenvalue weighted by Crippen LogP contribution is -1.88. The van der Waals surface area contributed by atoms with Crippen molar-refractivity contribution in [2.24, 2.45) is 0 Å². The van der Waals surface area contributed by atoms with Crippen LogP contribution < -0.4 is 5.73 Å². The van der Waals surface area contributed by atoms with E-state index in [-0.39, 0.29) is 5.82 Å². The molecule has 0 saturated carbocycles. The summed E-state index contributed by atoms with van der Waals surface area (Å²) in [6.45, 7) is 0. The molecule has 0 bridgehead atoms. The number of aromatic nitrogens is 2. The minimum absolute atomic E-state index is 0.247. The molecule has 0 aliphatic carbocycles. The van der Waals surface area contributed by atoms with Crippen molar-refractivity contribution in [3.63, 3.8) is 0 Å². The van der Waals surface area contributed by atoms with Crippen LogP contribution in [-0.2, 0) is 0 Å². The number of halogens is 1. The van der Waals surface area contributed by atoms with Crippen LogP contribution in [0.15, 0.2) is 36.5 Å². The minimum atomic E-state index is -0.247. The predicted octanol–water partition coefficient (Wildman–Crippen LogP) is 3.08. The highest BCUT2D eigenvalue weighted by molar-refractivity contribution is 7.21. The fourth-order valence-corrected chi connectivity index (χ4v) is 2.53. The van der Waals surface area contributed by atoms with Gasteiger partial charge >= 0.3 is 0 Å². The number of hydrogen-bond acceptors (Lipinski definition) is 4. The Balaban J connectivity index is 2.14. The van der Waals surface area contributed by atoms with E-state index in [0.717, 1.165) is 20.8 Å². The molecule has 1 aromatic carbocycles. The molecule has 84 valence electrons. The minimum Gasteiger partial charge on any atom is -0.384 e. The molecule has 2 heterocycles. The van der Waals surface area contributed by atoms with Crippen molar-refractivity contribution in [1.82, 2.24) is 9.97 Å². The van der Waals surface area contributed by atoms with Crippen LogP contribution >= 0.6 is 11.3 Å². The number of rotatable bonds is 1. The Morgan fingerprint density at radius 2 is 2.06 bits per heavy atom. The molecule has 0 saturated heterocycles.